The van der Waals surface area contributed by atoms with E-state index in [1.165, 1.54) is 0 Å². The Kier molecular flexibility index (Phi) is 8.75. The van der Waals surface area contributed by atoms with Crippen molar-refractivity contribution in [2.45, 2.75) is 26.0 Å². The van der Waals surface area contributed by atoms with Gasteiger partial charge in [0.2, 0.25) is 0 Å². The van der Waals surface area contributed by atoms with Crippen molar-refractivity contribution in [3.05, 3.63) is 40.2 Å². The number of halogens is 1. The SMILES string of the molecule is COc1cc(Cl)cc(CN2C[C@@H](Cc3cc(C)no3)[C@@H](OC)C2)c1OC.O=CO. The first-order valence-electron chi connectivity index (χ1n) is 9.11. The third-order valence-electron chi connectivity index (χ3n) is 4.81. The van der Waals surface area contributed by atoms with Gasteiger partial charge in [-0.2, -0.15) is 0 Å². The maximum atomic E-state index is 8.36. The highest BCUT2D eigenvalue weighted by Crippen LogP contribution is 2.36. The van der Waals surface area contributed by atoms with Gasteiger partial charge in [0.1, 0.15) is 5.76 Å². The third kappa shape index (κ3) is 6.09. The summed E-state index contributed by atoms with van der Waals surface area (Å²) >= 11 is 6.24. The fraction of sp³-hybridized carbons (Fsp3) is 0.500. The fourth-order valence-corrected chi connectivity index (χ4v) is 3.89. The van der Waals surface area contributed by atoms with Gasteiger partial charge in [-0.25, -0.2) is 0 Å². The largest absolute Gasteiger partial charge is 0.493 e. The molecule has 1 N–H and O–H groups in total. The molecule has 0 bridgehead atoms. The van der Waals surface area contributed by atoms with Crippen LogP contribution in [0, 0.1) is 12.8 Å². The monoisotopic (exact) mass is 426 g/mol. The Balaban J connectivity index is 0.000000941. The Morgan fingerprint density at radius 2 is 2.00 bits per heavy atom. The van der Waals surface area contributed by atoms with Crippen LogP contribution in [-0.4, -0.2) is 62.2 Å². The molecule has 0 amide bonds. The van der Waals surface area contributed by atoms with E-state index < -0.39 is 0 Å². The molecule has 160 valence electrons. The van der Waals surface area contributed by atoms with Crippen molar-refractivity contribution < 1.29 is 28.6 Å². The summed E-state index contributed by atoms with van der Waals surface area (Å²) in [5.41, 5.74) is 1.91. The number of carbonyl (C=O) groups is 1. The van der Waals surface area contributed by atoms with Gasteiger partial charge in [0, 0.05) is 61.8 Å². The number of hydrogen-bond donors (Lipinski definition) is 1. The predicted octanol–water partition coefficient (Wildman–Crippen LogP) is 3.04. The number of carboxylic acid groups (broad SMARTS) is 1. The first-order valence-corrected chi connectivity index (χ1v) is 9.49. The van der Waals surface area contributed by atoms with Gasteiger partial charge in [0.15, 0.2) is 11.5 Å². The molecule has 0 unspecified atom stereocenters. The molecule has 2 atom stereocenters. The van der Waals surface area contributed by atoms with Gasteiger partial charge in [-0.3, -0.25) is 9.69 Å². The molecule has 9 heteroatoms. The molecule has 0 spiro atoms. The quantitative estimate of drug-likeness (QED) is 0.675. The maximum absolute atomic E-state index is 8.36. The number of methoxy groups -OCH3 is 3. The summed E-state index contributed by atoms with van der Waals surface area (Å²) in [7, 11) is 5.02. The van der Waals surface area contributed by atoms with Gasteiger partial charge in [-0.05, 0) is 13.0 Å². The molecule has 0 saturated carbocycles. The molecule has 1 aliphatic rings. The van der Waals surface area contributed by atoms with Crippen LogP contribution in [0.15, 0.2) is 22.7 Å². The Morgan fingerprint density at radius 3 is 2.55 bits per heavy atom. The van der Waals surface area contributed by atoms with Gasteiger partial charge in [0.25, 0.3) is 6.47 Å². The summed E-state index contributed by atoms with van der Waals surface area (Å²) in [6.45, 7) is 4.13. The lowest BCUT2D eigenvalue weighted by atomic mass is 10.0. The number of aryl methyl sites for hydroxylation is 1. The summed E-state index contributed by atoms with van der Waals surface area (Å²) in [5, 5.41) is 11.5. The molecule has 1 saturated heterocycles. The van der Waals surface area contributed by atoms with Crippen molar-refractivity contribution in [2.24, 2.45) is 5.92 Å². The summed E-state index contributed by atoms with van der Waals surface area (Å²) in [4.78, 5) is 10.7. The van der Waals surface area contributed by atoms with E-state index in [1.54, 1.807) is 27.4 Å². The highest BCUT2D eigenvalue weighted by Gasteiger charge is 2.34. The van der Waals surface area contributed by atoms with E-state index >= 15 is 0 Å². The van der Waals surface area contributed by atoms with Crippen LogP contribution >= 0.6 is 11.6 Å². The molecule has 29 heavy (non-hydrogen) atoms. The second-order valence-electron chi connectivity index (χ2n) is 6.77. The van der Waals surface area contributed by atoms with Crippen LogP contribution in [0.5, 0.6) is 11.5 Å². The topological polar surface area (TPSA) is 94.3 Å². The van der Waals surface area contributed by atoms with E-state index in [0.717, 1.165) is 42.3 Å². The predicted molar refractivity (Wildman–Crippen MR) is 108 cm³/mol. The minimum atomic E-state index is -0.250. The lowest BCUT2D eigenvalue weighted by molar-refractivity contribution is -0.122. The third-order valence-corrected chi connectivity index (χ3v) is 5.03. The molecule has 1 fully saturated rings. The number of likely N-dealkylation sites (tertiary alicyclic amines) is 1. The molecular weight excluding hydrogens is 400 g/mol. The second-order valence-corrected chi connectivity index (χ2v) is 7.21. The molecule has 1 aromatic heterocycles. The van der Waals surface area contributed by atoms with E-state index in [4.69, 9.17) is 40.2 Å². The lowest BCUT2D eigenvalue weighted by Crippen LogP contribution is -2.23. The molecule has 1 aromatic carbocycles. The number of nitrogens with zero attached hydrogens (tertiary/aromatic N) is 2. The molecule has 0 radical (unpaired) electrons. The number of ether oxygens (including phenoxy) is 3. The Labute approximate surface area is 175 Å². The number of benzene rings is 1. The summed E-state index contributed by atoms with van der Waals surface area (Å²) < 4.78 is 22.0. The van der Waals surface area contributed by atoms with Crippen LogP contribution in [0.4, 0.5) is 0 Å². The molecule has 2 aromatic rings. The van der Waals surface area contributed by atoms with Crippen LogP contribution < -0.4 is 9.47 Å². The summed E-state index contributed by atoms with van der Waals surface area (Å²) in [6, 6.07) is 5.68. The molecule has 1 aliphatic heterocycles. The smallest absolute Gasteiger partial charge is 0.290 e. The van der Waals surface area contributed by atoms with Crippen molar-refractivity contribution >= 4 is 18.1 Å². The highest BCUT2D eigenvalue weighted by molar-refractivity contribution is 6.30. The second kappa shape index (κ2) is 11.0. The fourth-order valence-electron chi connectivity index (χ4n) is 3.65. The van der Waals surface area contributed by atoms with E-state index in [9.17, 15) is 0 Å². The van der Waals surface area contributed by atoms with Crippen LogP contribution in [0.3, 0.4) is 0 Å². The van der Waals surface area contributed by atoms with E-state index in [-0.39, 0.29) is 12.6 Å². The minimum Gasteiger partial charge on any atom is -0.493 e. The first-order chi connectivity index (χ1) is 13.9. The van der Waals surface area contributed by atoms with Crippen LogP contribution in [0.1, 0.15) is 17.0 Å². The molecule has 2 heterocycles. The Hall–Kier alpha value is -2.29. The highest BCUT2D eigenvalue weighted by atomic mass is 35.5. The van der Waals surface area contributed by atoms with Crippen molar-refractivity contribution in [1.82, 2.24) is 10.1 Å². The van der Waals surface area contributed by atoms with E-state index in [0.29, 0.717) is 23.2 Å². The van der Waals surface area contributed by atoms with Crippen LogP contribution in [0.2, 0.25) is 5.02 Å². The van der Waals surface area contributed by atoms with Gasteiger partial charge in [-0.1, -0.05) is 16.8 Å². The van der Waals surface area contributed by atoms with Crippen molar-refractivity contribution in [3.8, 4) is 11.5 Å². The Bertz CT molecular complexity index is 797. The van der Waals surface area contributed by atoms with Crippen molar-refractivity contribution in [3.63, 3.8) is 0 Å². The van der Waals surface area contributed by atoms with Gasteiger partial charge in [0.05, 0.1) is 26.0 Å². The maximum Gasteiger partial charge on any atom is 0.290 e. The first kappa shape index (κ1) is 23.0. The standard InChI is InChI=1S/C19H25ClN2O4.CH2O2/c1-12-5-16(26-21-12)7-13-9-22(11-18(13)24-3)10-14-6-15(20)8-17(23-2)19(14)25-4;2-1-3/h5-6,8,13,18H,7,9-11H2,1-4H3;1H,(H,2,3)/t13-,18+;/m1./s1. The molecule has 3 rings (SSSR count). The van der Waals surface area contributed by atoms with Crippen LogP contribution in [0.25, 0.3) is 0 Å². The van der Waals surface area contributed by atoms with Gasteiger partial charge >= 0.3 is 0 Å². The summed E-state index contributed by atoms with van der Waals surface area (Å²) in [5.74, 6) is 2.61. The average Bonchev–Trinajstić information content (AvgIpc) is 3.27. The van der Waals surface area contributed by atoms with E-state index in [2.05, 4.69) is 10.1 Å². The summed E-state index contributed by atoms with van der Waals surface area (Å²) in [6.07, 6.45) is 0.957. The number of rotatable bonds is 7. The molecular formula is C20H27ClN2O6. The van der Waals surface area contributed by atoms with Crippen molar-refractivity contribution in [2.75, 3.05) is 34.4 Å². The van der Waals surface area contributed by atoms with Gasteiger partial charge in [-0.15, -0.1) is 0 Å². The van der Waals surface area contributed by atoms with E-state index in [1.807, 2.05) is 19.1 Å². The zero-order chi connectivity index (χ0) is 21.4. The minimum absolute atomic E-state index is 0.146. The van der Waals surface area contributed by atoms with Gasteiger partial charge < -0.3 is 23.8 Å². The molecule has 0 aliphatic carbocycles. The molecule has 8 nitrogen and oxygen atoms in total. The Morgan fingerprint density at radius 1 is 1.28 bits per heavy atom. The normalized spacial score (nSPS) is 18.8. The lowest BCUT2D eigenvalue weighted by Gasteiger charge is -2.19. The zero-order valence-electron chi connectivity index (χ0n) is 17.1. The van der Waals surface area contributed by atoms with Crippen molar-refractivity contribution in [1.29, 1.82) is 0 Å². The number of hydrogen-bond acceptors (Lipinski definition) is 7. The zero-order valence-corrected chi connectivity index (χ0v) is 17.8. The number of aromatic nitrogens is 1. The van der Waals surface area contributed by atoms with Crippen LogP contribution in [-0.2, 0) is 22.5 Å². The average molecular weight is 427 g/mol.